The maximum Gasteiger partial charge on any atom is 0.141 e. The first-order valence-electron chi connectivity index (χ1n) is 16.8. The fourth-order valence-corrected chi connectivity index (χ4v) is 7.21. The molecule has 0 saturated carbocycles. The lowest BCUT2D eigenvalue weighted by molar-refractivity contribution is 0.412. The smallest absolute Gasteiger partial charge is 0.141 e. The van der Waals surface area contributed by atoms with Gasteiger partial charge in [-0.3, -0.25) is 0 Å². The minimum Gasteiger partial charge on any atom is -0.319 e. The first kappa shape index (κ1) is 29.9. The highest BCUT2D eigenvalue weighted by Gasteiger charge is 2.24. The van der Waals surface area contributed by atoms with Gasteiger partial charge in [0.25, 0.3) is 0 Å². The molecule has 4 heteroatoms. The summed E-state index contributed by atoms with van der Waals surface area (Å²) in [6.45, 7) is 13.4. The summed E-state index contributed by atoms with van der Waals surface area (Å²) in [5.74, 6) is 1.99. The van der Waals surface area contributed by atoms with Gasteiger partial charge in [-0.1, -0.05) is 109 Å². The van der Waals surface area contributed by atoms with E-state index < -0.39 is 0 Å². The van der Waals surface area contributed by atoms with E-state index in [2.05, 4.69) is 184 Å². The van der Waals surface area contributed by atoms with Crippen molar-refractivity contribution < 1.29 is 0 Å². The second-order valence-corrected chi connectivity index (χ2v) is 14.7. The van der Waals surface area contributed by atoms with Crippen molar-refractivity contribution in [2.24, 2.45) is 0 Å². The highest BCUT2D eigenvalue weighted by molar-refractivity contribution is 6.04. The van der Waals surface area contributed by atoms with Crippen molar-refractivity contribution in [2.75, 3.05) is 0 Å². The Balaban J connectivity index is 1.17. The molecule has 0 radical (unpaired) electrons. The SMILES string of the molecule is CC(C)(C)n1c(-c2ccc(-c3cccc4c(-c5ccc(-c6nc7ccccc7n6C(C)(C)C)cc5)cccc34)cc2)nc2ccccc21. The summed E-state index contributed by atoms with van der Waals surface area (Å²) < 4.78 is 4.71. The predicted molar refractivity (Wildman–Crippen MR) is 202 cm³/mol. The Bertz CT molecular complexity index is 2270. The zero-order chi connectivity index (χ0) is 33.2. The molecule has 2 aromatic heterocycles. The Labute approximate surface area is 282 Å². The van der Waals surface area contributed by atoms with E-state index in [0.717, 1.165) is 44.8 Å². The summed E-state index contributed by atoms with van der Waals surface area (Å²) in [6, 6.07) is 47.9. The molecule has 0 aliphatic carbocycles. The number of imidazole rings is 2. The average Bonchev–Trinajstić information content (AvgIpc) is 3.68. The Morgan fingerprint density at radius 3 is 1.10 bits per heavy atom. The molecule has 0 unspecified atom stereocenters. The molecule has 0 bridgehead atoms. The van der Waals surface area contributed by atoms with Crippen molar-refractivity contribution in [3.05, 3.63) is 133 Å². The van der Waals surface area contributed by atoms with E-state index in [0.29, 0.717) is 0 Å². The van der Waals surface area contributed by atoms with Crippen LogP contribution in [0.4, 0.5) is 0 Å². The zero-order valence-corrected chi connectivity index (χ0v) is 28.5. The van der Waals surface area contributed by atoms with Crippen molar-refractivity contribution in [3.63, 3.8) is 0 Å². The van der Waals surface area contributed by atoms with Crippen molar-refractivity contribution in [2.45, 2.75) is 52.6 Å². The van der Waals surface area contributed by atoms with Crippen molar-refractivity contribution in [1.82, 2.24) is 19.1 Å². The number of para-hydroxylation sites is 4. The molecule has 8 aromatic rings. The van der Waals surface area contributed by atoms with Crippen LogP contribution in [0.15, 0.2) is 133 Å². The highest BCUT2D eigenvalue weighted by atomic mass is 15.1. The molecule has 0 aliphatic heterocycles. The second kappa shape index (κ2) is 11.1. The fourth-order valence-electron chi connectivity index (χ4n) is 7.21. The van der Waals surface area contributed by atoms with Crippen LogP contribution in [0.2, 0.25) is 0 Å². The highest BCUT2D eigenvalue weighted by Crippen LogP contribution is 2.38. The molecule has 0 aliphatic rings. The van der Waals surface area contributed by atoms with Gasteiger partial charge in [0.1, 0.15) is 11.6 Å². The van der Waals surface area contributed by atoms with Gasteiger partial charge in [0.2, 0.25) is 0 Å². The van der Waals surface area contributed by atoms with Gasteiger partial charge >= 0.3 is 0 Å². The molecular formula is C44H40N4. The third-order valence-corrected chi connectivity index (χ3v) is 9.29. The van der Waals surface area contributed by atoms with Crippen LogP contribution in [0.3, 0.4) is 0 Å². The van der Waals surface area contributed by atoms with Crippen LogP contribution in [-0.4, -0.2) is 19.1 Å². The van der Waals surface area contributed by atoms with Gasteiger partial charge in [-0.05, 0) is 98.8 Å². The zero-order valence-electron chi connectivity index (χ0n) is 28.5. The number of nitrogens with zero attached hydrogens (tertiary/aromatic N) is 4. The fraction of sp³-hybridized carbons (Fsp3) is 0.182. The molecule has 236 valence electrons. The lowest BCUT2D eigenvalue weighted by Gasteiger charge is -2.25. The Hall–Kier alpha value is -5.48. The molecule has 0 fully saturated rings. The molecule has 8 rings (SSSR count). The van der Waals surface area contributed by atoms with Crippen molar-refractivity contribution in [3.8, 4) is 45.0 Å². The Kier molecular flexibility index (Phi) is 6.89. The van der Waals surface area contributed by atoms with E-state index in [9.17, 15) is 0 Å². The van der Waals surface area contributed by atoms with Gasteiger partial charge in [0.15, 0.2) is 0 Å². The topological polar surface area (TPSA) is 35.6 Å². The molecule has 6 aromatic carbocycles. The maximum atomic E-state index is 5.06. The maximum absolute atomic E-state index is 5.06. The van der Waals surface area contributed by atoms with Crippen LogP contribution < -0.4 is 0 Å². The minimum absolute atomic E-state index is 0.101. The molecule has 0 atom stereocenters. The molecule has 48 heavy (non-hydrogen) atoms. The predicted octanol–water partition coefficient (Wildman–Crippen LogP) is 11.7. The van der Waals surface area contributed by atoms with Crippen LogP contribution in [0.25, 0.3) is 77.9 Å². The number of hydrogen-bond donors (Lipinski definition) is 0. The summed E-state index contributed by atoms with van der Waals surface area (Å²) >= 11 is 0. The van der Waals surface area contributed by atoms with Gasteiger partial charge in [-0.25, -0.2) is 9.97 Å². The van der Waals surface area contributed by atoms with E-state index in [1.807, 2.05) is 0 Å². The van der Waals surface area contributed by atoms with Crippen LogP contribution in [0, 0.1) is 0 Å². The largest absolute Gasteiger partial charge is 0.319 e. The summed E-state index contributed by atoms with van der Waals surface area (Å²) in [6.07, 6.45) is 0. The van der Waals surface area contributed by atoms with Crippen LogP contribution in [0.5, 0.6) is 0 Å². The normalized spacial score (nSPS) is 12.4. The average molecular weight is 625 g/mol. The Morgan fingerprint density at radius 2 is 0.729 bits per heavy atom. The van der Waals surface area contributed by atoms with Gasteiger partial charge < -0.3 is 9.13 Å². The number of aromatic nitrogens is 4. The first-order valence-corrected chi connectivity index (χ1v) is 16.8. The lowest BCUT2D eigenvalue weighted by atomic mass is 9.92. The molecule has 0 saturated heterocycles. The standard InChI is InChI=1S/C44H40N4/c1-43(2,3)47-39-19-9-7-17-37(39)45-41(47)31-25-21-29(22-26-31)33-13-11-16-36-34(14-12-15-35(33)36)30-23-27-32(28-24-30)42-46-38-18-8-10-20-40(38)48(42)44(4,5)6/h7-28H,1-6H3. The number of benzene rings is 6. The van der Waals surface area contributed by atoms with Gasteiger partial charge in [-0.15, -0.1) is 0 Å². The molecule has 0 N–H and O–H groups in total. The molecule has 0 amide bonds. The molecule has 2 heterocycles. The molecule has 0 spiro atoms. The van der Waals surface area contributed by atoms with Crippen LogP contribution >= 0.6 is 0 Å². The van der Waals surface area contributed by atoms with E-state index in [4.69, 9.17) is 9.97 Å². The summed E-state index contributed by atoms with van der Waals surface area (Å²) in [5, 5.41) is 2.48. The van der Waals surface area contributed by atoms with E-state index in [1.165, 1.54) is 33.0 Å². The number of fused-ring (bicyclic) bond motifs is 3. The Morgan fingerprint density at radius 1 is 0.375 bits per heavy atom. The van der Waals surface area contributed by atoms with E-state index in [-0.39, 0.29) is 11.1 Å². The number of rotatable bonds is 4. The van der Waals surface area contributed by atoms with E-state index >= 15 is 0 Å². The van der Waals surface area contributed by atoms with Gasteiger partial charge in [0.05, 0.1) is 22.1 Å². The van der Waals surface area contributed by atoms with Crippen LogP contribution in [-0.2, 0) is 11.1 Å². The summed E-state index contributed by atoms with van der Waals surface area (Å²) in [5.41, 5.74) is 11.2. The summed E-state index contributed by atoms with van der Waals surface area (Å²) in [7, 11) is 0. The summed E-state index contributed by atoms with van der Waals surface area (Å²) in [4.78, 5) is 10.1. The van der Waals surface area contributed by atoms with Crippen molar-refractivity contribution >= 4 is 32.8 Å². The quantitative estimate of drug-likeness (QED) is 0.195. The monoisotopic (exact) mass is 624 g/mol. The second-order valence-electron chi connectivity index (χ2n) is 14.7. The van der Waals surface area contributed by atoms with Crippen LogP contribution in [0.1, 0.15) is 41.5 Å². The third-order valence-electron chi connectivity index (χ3n) is 9.29. The first-order chi connectivity index (χ1) is 23.1. The van der Waals surface area contributed by atoms with Gasteiger partial charge in [0, 0.05) is 22.2 Å². The van der Waals surface area contributed by atoms with Gasteiger partial charge in [-0.2, -0.15) is 0 Å². The van der Waals surface area contributed by atoms with Crippen molar-refractivity contribution in [1.29, 1.82) is 0 Å². The number of hydrogen-bond acceptors (Lipinski definition) is 2. The lowest BCUT2D eigenvalue weighted by Crippen LogP contribution is -2.22. The molecular weight excluding hydrogens is 585 g/mol. The van der Waals surface area contributed by atoms with E-state index in [1.54, 1.807) is 0 Å². The third kappa shape index (κ3) is 5.00. The molecule has 4 nitrogen and oxygen atoms in total. The minimum atomic E-state index is -0.101.